The van der Waals surface area contributed by atoms with Gasteiger partial charge in [0.2, 0.25) is 0 Å². The third-order valence-electron chi connectivity index (χ3n) is 3.23. The predicted octanol–water partition coefficient (Wildman–Crippen LogP) is 3.17. The number of ether oxygens (including phenoxy) is 2. The van der Waals surface area contributed by atoms with E-state index in [0.717, 1.165) is 0 Å². The van der Waals surface area contributed by atoms with Gasteiger partial charge in [-0.3, -0.25) is 14.9 Å². The number of carbonyl (C=O) groups is 2. The van der Waals surface area contributed by atoms with E-state index in [-0.39, 0.29) is 22.3 Å². The second-order valence-corrected chi connectivity index (χ2v) is 5.90. The zero-order valence-electron chi connectivity index (χ0n) is 13.9. The molecule has 0 aliphatic rings. The Hall–Kier alpha value is -2.91. The SMILES string of the molecule is Cc1c(Cl)cnc(NC(=O)COC(=O)COc2ccccc2[N+](=O)[O-])c1Cl. The van der Waals surface area contributed by atoms with Crippen molar-refractivity contribution < 1.29 is 24.0 Å². The van der Waals surface area contributed by atoms with Crippen LogP contribution in [0.2, 0.25) is 10.0 Å². The Kier molecular flexibility index (Phi) is 6.91. The summed E-state index contributed by atoms with van der Waals surface area (Å²) in [5.41, 5.74) is 0.250. The molecule has 142 valence electrons. The maximum absolute atomic E-state index is 11.8. The molecule has 1 N–H and O–H groups in total. The minimum atomic E-state index is -0.880. The van der Waals surface area contributed by atoms with Gasteiger partial charge in [0, 0.05) is 12.3 Å². The lowest BCUT2D eigenvalue weighted by Crippen LogP contribution is -2.24. The molecule has 9 nitrogen and oxygen atoms in total. The third kappa shape index (κ3) is 5.53. The molecule has 0 spiro atoms. The van der Waals surface area contributed by atoms with Gasteiger partial charge in [-0.25, -0.2) is 9.78 Å². The fourth-order valence-corrected chi connectivity index (χ4v) is 2.26. The number of anilines is 1. The van der Waals surface area contributed by atoms with Crippen molar-refractivity contribution in [3.05, 3.63) is 56.2 Å². The van der Waals surface area contributed by atoms with Crippen molar-refractivity contribution in [3.8, 4) is 5.75 Å². The number of hydrogen-bond acceptors (Lipinski definition) is 7. The number of halogens is 2. The van der Waals surface area contributed by atoms with Crippen molar-refractivity contribution in [2.24, 2.45) is 0 Å². The van der Waals surface area contributed by atoms with Gasteiger partial charge in [0.25, 0.3) is 5.91 Å². The second kappa shape index (κ2) is 9.15. The Balaban J connectivity index is 1.85. The fourth-order valence-electron chi connectivity index (χ4n) is 1.87. The van der Waals surface area contributed by atoms with Crippen molar-refractivity contribution in [1.82, 2.24) is 4.98 Å². The van der Waals surface area contributed by atoms with E-state index in [1.807, 2.05) is 0 Å². The van der Waals surface area contributed by atoms with E-state index in [2.05, 4.69) is 10.3 Å². The molecule has 0 radical (unpaired) electrons. The maximum Gasteiger partial charge on any atom is 0.344 e. The topological polar surface area (TPSA) is 121 Å². The fraction of sp³-hybridized carbons (Fsp3) is 0.188. The van der Waals surface area contributed by atoms with E-state index in [1.165, 1.54) is 30.5 Å². The lowest BCUT2D eigenvalue weighted by atomic mass is 10.3. The summed E-state index contributed by atoms with van der Waals surface area (Å²) in [4.78, 5) is 37.6. The maximum atomic E-state index is 11.8. The Labute approximate surface area is 163 Å². The van der Waals surface area contributed by atoms with Crippen LogP contribution < -0.4 is 10.1 Å². The molecule has 0 saturated carbocycles. The van der Waals surface area contributed by atoms with Gasteiger partial charge in [0.05, 0.1) is 15.0 Å². The quantitative estimate of drug-likeness (QED) is 0.420. The first kappa shape index (κ1) is 20.4. The van der Waals surface area contributed by atoms with Gasteiger partial charge in [0.1, 0.15) is 0 Å². The van der Waals surface area contributed by atoms with Crippen LogP contribution in [0.25, 0.3) is 0 Å². The van der Waals surface area contributed by atoms with Crippen molar-refractivity contribution in [2.75, 3.05) is 18.5 Å². The molecular weight excluding hydrogens is 401 g/mol. The summed E-state index contributed by atoms with van der Waals surface area (Å²) in [5, 5.41) is 13.8. The van der Waals surface area contributed by atoms with E-state index < -0.39 is 30.0 Å². The molecule has 1 aromatic heterocycles. The third-order valence-corrected chi connectivity index (χ3v) is 4.08. The number of pyridine rings is 1. The van der Waals surface area contributed by atoms with Gasteiger partial charge >= 0.3 is 11.7 Å². The number of hydrogen-bond donors (Lipinski definition) is 1. The van der Waals surface area contributed by atoms with Crippen LogP contribution in [-0.4, -0.2) is 35.0 Å². The summed E-state index contributed by atoms with van der Waals surface area (Å²) >= 11 is 11.9. The summed E-state index contributed by atoms with van der Waals surface area (Å²) in [6.45, 7) is 0.443. The average Bonchev–Trinajstić information content (AvgIpc) is 2.65. The highest BCUT2D eigenvalue weighted by Gasteiger charge is 2.17. The molecule has 1 amide bonds. The van der Waals surface area contributed by atoms with Crippen molar-refractivity contribution in [3.63, 3.8) is 0 Å². The minimum absolute atomic E-state index is 0.0794. The second-order valence-electron chi connectivity index (χ2n) is 5.12. The van der Waals surface area contributed by atoms with Crippen LogP contribution in [0.3, 0.4) is 0 Å². The lowest BCUT2D eigenvalue weighted by molar-refractivity contribution is -0.385. The molecular formula is C16H13Cl2N3O6. The van der Waals surface area contributed by atoms with Crippen molar-refractivity contribution >= 4 is 46.6 Å². The zero-order chi connectivity index (χ0) is 20.0. The number of esters is 1. The number of rotatable bonds is 7. The number of nitro benzene ring substituents is 1. The van der Waals surface area contributed by atoms with Crippen LogP contribution in [0.4, 0.5) is 11.5 Å². The number of para-hydroxylation sites is 2. The van der Waals surface area contributed by atoms with Gasteiger partial charge in [-0.05, 0) is 18.6 Å². The van der Waals surface area contributed by atoms with Crippen molar-refractivity contribution in [2.45, 2.75) is 6.92 Å². The van der Waals surface area contributed by atoms with Crippen LogP contribution in [-0.2, 0) is 14.3 Å². The molecule has 0 fully saturated rings. The first-order chi connectivity index (χ1) is 12.8. The normalized spacial score (nSPS) is 10.2. The number of benzene rings is 1. The van der Waals surface area contributed by atoms with Crippen LogP contribution >= 0.6 is 23.2 Å². The Morgan fingerprint density at radius 2 is 1.96 bits per heavy atom. The number of nitrogens with one attached hydrogen (secondary N) is 1. The number of amides is 1. The first-order valence-corrected chi connectivity index (χ1v) is 8.17. The van der Waals surface area contributed by atoms with Crippen LogP contribution in [0.1, 0.15) is 5.56 Å². The Morgan fingerprint density at radius 3 is 2.67 bits per heavy atom. The number of aromatic nitrogens is 1. The highest BCUT2D eigenvalue weighted by atomic mass is 35.5. The molecule has 0 unspecified atom stereocenters. The lowest BCUT2D eigenvalue weighted by Gasteiger charge is -2.10. The summed E-state index contributed by atoms with van der Waals surface area (Å²) in [5.74, 6) is -1.56. The summed E-state index contributed by atoms with van der Waals surface area (Å²) < 4.78 is 9.81. The largest absolute Gasteiger partial charge is 0.475 e. The molecule has 1 heterocycles. The molecule has 27 heavy (non-hydrogen) atoms. The standard InChI is InChI=1S/C16H13Cl2N3O6/c1-9-10(17)6-19-16(15(9)18)20-13(22)7-27-14(23)8-26-12-5-3-2-4-11(12)21(24)25/h2-6H,7-8H2,1H3,(H,19,20,22). The molecule has 0 atom stereocenters. The van der Waals surface area contributed by atoms with E-state index in [1.54, 1.807) is 6.92 Å². The predicted molar refractivity (Wildman–Crippen MR) is 97.2 cm³/mol. The Bertz CT molecular complexity index is 890. The molecule has 1 aromatic carbocycles. The highest BCUT2D eigenvalue weighted by Crippen LogP contribution is 2.28. The summed E-state index contributed by atoms with van der Waals surface area (Å²) in [6, 6.07) is 5.56. The minimum Gasteiger partial charge on any atom is -0.475 e. The average molecular weight is 414 g/mol. The monoisotopic (exact) mass is 413 g/mol. The van der Waals surface area contributed by atoms with E-state index >= 15 is 0 Å². The number of nitrogens with zero attached hydrogens (tertiary/aromatic N) is 2. The van der Waals surface area contributed by atoms with E-state index in [0.29, 0.717) is 10.6 Å². The molecule has 0 bridgehead atoms. The van der Waals surface area contributed by atoms with E-state index in [9.17, 15) is 19.7 Å². The summed E-state index contributed by atoms with van der Waals surface area (Å²) in [7, 11) is 0. The van der Waals surface area contributed by atoms with Gasteiger partial charge in [0.15, 0.2) is 24.8 Å². The highest BCUT2D eigenvalue weighted by molar-refractivity contribution is 6.37. The van der Waals surface area contributed by atoms with Gasteiger partial charge in [-0.1, -0.05) is 35.3 Å². The van der Waals surface area contributed by atoms with Crippen LogP contribution in [0.15, 0.2) is 30.5 Å². The van der Waals surface area contributed by atoms with Gasteiger partial charge in [-0.2, -0.15) is 0 Å². The van der Waals surface area contributed by atoms with Crippen LogP contribution in [0.5, 0.6) is 5.75 Å². The molecule has 0 aliphatic carbocycles. The van der Waals surface area contributed by atoms with Gasteiger partial charge in [-0.15, -0.1) is 0 Å². The number of carbonyl (C=O) groups excluding carboxylic acids is 2. The van der Waals surface area contributed by atoms with E-state index in [4.69, 9.17) is 32.7 Å². The smallest absolute Gasteiger partial charge is 0.344 e. The molecule has 2 rings (SSSR count). The molecule has 11 heteroatoms. The van der Waals surface area contributed by atoms with Gasteiger partial charge < -0.3 is 14.8 Å². The van der Waals surface area contributed by atoms with Crippen LogP contribution in [0, 0.1) is 17.0 Å². The molecule has 0 saturated heterocycles. The molecule has 2 aromatic rings. The summed E-state index contributed by atoms with van der Waals surface area (Å²) in [6.07, 6.45) is 1.32. The first-order valence-electron chi connectivity index (χ1n) is 7.42. The Morgan fingerprint density at radius 1 is 1.26 bits per heavy atom. The van der Waals surface area contributed by atoms with Crippen molar-refractivity contribution in [1.29, 1.82) is 0 Å². The number of nitro groups is 1. The molecule has 0 aliphatic heterocycles. The zero-order valence-corrected chi connectivity index (χ0v) is 15.4.